The van der Waals surface area contributed by atoms with Gasteiger partial charge in [-0.15, -0.1) is 6.58 Å². The van der Waals surface area contributed by atoms with E-state index < -0.39 is 7.82 Å². The van der Waals surface area contributed by atoms with Gasteiger partial charge in [0.15, 0.2) is 0 Å². The van der Waals surface area contributed by atoms with Crippen molar-refractivity contribution in [2.45, 2.75) is 44.9 Å². The molecular weight excluding hydrogens is 305 g/mol. The van der Waals surface area contributed by atoms with Gasteiger partial charge < -0.3 is 14.7 Å². The van der Waals surface area contributed by atoms with Crippen LogP contribution in [0.3, 0.4) is 0 Å². The SMILES string of the molecule is C=CCN(CCCCCCCCCOP(=O)(O)O)C(=O)C=C. The maximum atomic E-state index is 11.5. The molecule has 0 radical (unpaired) electrons. The summed E-state index contributed by atoms with van der Waals surface area (Å²) in [6, 6.07) is 0. The van der Waals surface area contributed by atoms with Crippen LogP contribution < -0.4 is 0 Å². The summed E-state index contributed by atoms with van der Waals surface area (Å²) in [5.74, 6) is -0.0649. The Morgan fingerprint density at radius 1 is 1.05 bits per heavy atom. The van der Waals surface area contributed by atoms with E-state index in [4.69, 9.17) is 9.79 Å². The Labute approximate surface area is 133 Å². The van der Waals surface area contributed by atoms with Crippen LogP contribution >= 0.6 is 7.82 Å². The summed E-state index contributed by atoms with van der Waals surface area (Å²) in [5, 5.41) is 0. The van der Waals surface area contributed by atoms with Crippen molar-refractivity contribution in [2.75, 3.05) is 19.7 Å². The van der Waals surface area contributed by atoms with Gasteiger partial charge in [0.25, 0.3) is 0 Å². The number of hydrogen-bond donors (Lipinski definition) is 2. The van der Waals surface area contributed by atoms with Gasteiger partial charge in [0.1, 0.15) is 0 Å². The third-order valence-electron chi connectivity index (χ3n) is 3.17. The second-order valence-corrected chi connectivity index (χ2v) is 6.32. The molecule has 0 unspecified atom stereocenters. The van der Waals surface area contributed by atoms with Gasteiger partial charge in [-0.25, -0.2) is 4.57 Å². The van der Waals surface area contributed by atoms with Crippen LogP contribution in [0.1, 0.15) is 44.9 Å². The second-order valence-electron chi connectivity index (χ2n) is 5.08. The van der Waals surface area contributed by atoms with Crippen molar-refractivity contribution in [3.8, 4) is 0 Å². The fraction of sp³-hybridized carbons (Fsp3) is 0.667. The van der Waals surface area contributed by atoms with Crippen LogP contribution in [0.25, 0.3) is 0 Å². The third kappa shape index (κ3) is 12.8. The number of rotatable bonds is 14. The molecule has 0 aromatic heterocycles. The smallest absolute Gasteiger partial charge is 0.335 e. The van der Waals surface area contributed by atoms with Crippen molar-refractivity contribution in [1.82, 2.24) is 4.90 Å². The van der Waals surface area contributed by atoms with Crippen LogP contribution in [0.2, 0.25) is 0 Å². The van der Waals surface area contributed by atoms with E-state index in [-0.39, 0.29) is 12.5 Å². The first-order chi connectivity index (χ1) is 10.4. The predicted octanol–water partition coefficient (Wildman–Crippen LogP) is 3.03. The number of carbonyl (C=O) groups is 1. The number of nitrogens with zero attached hydrogens (tertiary/aromatic N) is 1. The Bertz CT molecular complexity index is 380. The molecular formula is C15H28NO5P. The number of amides is 1. The zero-order valence-corrected chi connectivity index (χ0v) is 14.0. The summed E-state index contributed by atoms with van der Waals surface area (Å²) < 4.78 is 14.8. The highest BCUT2D eigenvalue weighted by atomic mass is 31.2. The molecule has 22 heavy (non-hydrogen) atoms. The fourth-order valence-electron chi connectivity index (χ4n) is 2.05. The third-order valence-corrected chi connectivity index (χ3v) is 3.69. The molecule has 0 aromatic carbocycles. The highest BCUT2D eigenvalue weighted by Crippen LogP contribution is 2.35. The Morgan fingerprint density at radius 3 is 2.09 bits per heavy atom. The van der Waals surface area contributed by atoms with Crippen LogP contribution in [0, 0.1) is 0 Å². The van der Waals surface area contributed by atoms with Crippen molar-refractivity contribution >= 4 is 13.7 Å². The average molecular weight is 333 g/mol. The van der Waals surface area contributed by atoms with E-state index in [1.54, 1.807) is 11.0 Å². The van der Waals surface area contributed by atoms with Crippen molar-refractivity contribution in [3.63, 3.8) is 0 Å². The van der Waals surface area contributed by atoms with Crippen LogP contribution in [0.15, 0.2) is 25.3 Å². The molecule has 0 saturated carbocycles. The van der Waals surface area contributed by atoms with E-state index in [0.29, 0.717) is 19.5 Å². The maximum Gasteiger partial charge on any atom is 0.469 e. The Balaban J connectivity index is 3.49. The monoisotopic (exact) mass is 333 g/mol. The van der Waals surface area contributed by atoms with Crippen molar-refractivity contribution in [2.24, 2.45) is 0 Å². The van der Waals surface area contributed by atoms with Crippen LogP contribution in [-0.2, 0) is 13.9 Å². The largest absolute Gasteiger partial charge is 0.469 e. The molecule has 0 saturated heterocycles. The highest BCUT2D eigenvalue weighted by molar-refractivity contribution is 7.46. The molecule has 0 heterocycles. The lowest BCUT2D eigenvalue weighted by atomic mass is 10.1. The van der Waals surface area contributed by atoms with E-state index in [0.717, 1.165) is 38.5 Å². The first kappa shape index (κ1) is 21.1. The molecule has 0 aliphatic carbocycles. The molecule has 0 bridgehead atoms. The molecule has 0 rings (SSSR count). The summed E-state index contributed by atoms with van der Waals surface area (Å²) in [6.45, 7) is 8.49. The van der Waals surface area contributed by atoms with Gasteiger partial charge in [0.2, 0.25) is 5.91 Å². The number of carbonyl (C=O) groups excluding carboxylic acids is 1. The first-order valence-electron chi connectivity index (χ1n) is 7.63. The average Bonchev–Trinajstić information content (AvgIpc) is 2.46. The number of hydrogen-bond acceptors (Lipinski definition) is 3. The van der Waals surface area contributed by atoms with Gasteiger partial charge in [-0.1, -0.05) is 44.8 Å². The topological polar surface area (TPSA) is 87.1 Å². The highest BCUT2D eigenvalue weighted by Gasteiger charge is 2.12. The lowest BCUT2D eigenvalue weighted by Crippen LogP contribution is -2.30. The van der Waals surface area contributed by atoms with Crippen LogP contribution in [0.4, 0.5) is 0 Å². The fourth-order valence-corrected chi connectivity index (χ4v) is 2.42. The first-order valence-corrected chi connectivity index (χ1v) is 9.16. The molecule has 0 aliphatic heterocycles. The molecule has 0 aromatic rings. The van der Waals surface area contributed by atoms with Crippen molar-refractivity contribution in [3.05, 3.63) is 25.3 Å². The molecule has 0 spiro atoms. The van der Waals surface area contributed by atoms with E-state index in [1.807, 2.05) is 0 Å². The Morgan fingerprint density at radius 2 is 1.59 bits per heavy atom. The zero-order valence-electron chi connectivity index (χ0n) is 13.2. The van der Waals surface area contributed by atoms with E-state index in [2.05, 4.69) is 17.7 Å². The molecule has 0 atom stereocenters. The van der Waals surface area contributed by atoms with E-state index >= 15 is 0 Å². The van der Waals surface area contributed by atoms with Gasteiger partial charge >= 0.3 is 7.82 Å². The number of phosphoric ester groups is 1. The van der Waals surface area contributed by atoms with Gasteiger partial charge in [0.05, 0.1) is 6.61 Å². The van der Waals surface area contributed by atoms with Gasteiger partial charge in [0, 0.05) is 13.1 Å². The molecule has 0 fully saturated rings. The minimum absolute atomic E-state index is 0.0649. The lowest BCUT2D eigenvalue weighted by molar-refractivity contribution is -0.125. The van der Waals surface area contributed by atoms with Gasteiger partial charge in [-0.2, -0.15) is 0 Å². The summed E-state index contributed by atoms with van der Waals surface area (Å²) in [6.07, 6.45) is 9.78. The zero-order chi connectivity index (χ0) is 16.8. The second kappa shape index (κ2) is 12.6. The number of unbranched alkanes of at least 4 members (excludes halogenated alkanes) is 6. The van der Waals surface area contributed by atoms with Gasteiger partial charge in [-0.3, -0.25) is 9.32 Å². The quantitative estimate of drug-likeness (QED) is 0.221. The van der Waals surface area contributed by atoms with Crippen LogP contribution in [-0.4, -0.2) is 40.3 Å². The predicted molar refractivity (Wildman–Crippen MR) is 87.3 cm³/mol. The summed E-state index contributed by atoms with van der Waals surface area (Å²) >= 11 is 0. The molecule has 1 amide bonds. The Kier molecular flexibility index (Phi) is 12.1. The van der Waals surface area contributed by atoms with Crippen LogP contribution in [0.5, 0.6) is 0 Å². The maximum absolute atomic E-state index is 11.5. The van der Waals surface area contributed by atoms with Gasteiger partial charge in [-0.05, 0) is 18.9 Å². The molecule has 2 N–H and O–H groups in total. The minimum atomic E-state index is -4.31. The van der Waals surface area contributed by atoms with Crippen molar-refractivity contribution < 1.29 is 23.7 Å². The molecule has 128 valence electrons. The Hall–Kier alpha value is -0.940. The normalized spacial score (nSPS) is 11.2. The summed E-state index contributed by atoms with van der Waals surface area (Å²) in [7, 11) is -4.31. The van der Waals surface area contributed by atoms with E-state index in [1.165, 1.54) is 6.08 Å². The van der Waals surface area contributed by atoms with Crippen molar-refractivity contribution in [1.29, 1.82) is 0 Å². The summed E-state index contributed by atoms with van der Waals surface area (Å²) in [4.78, 5) is 30.3. The molecule has 6 nitrogen and oxygen atoms in total. The molecule has 0 aliphatic rings. The standard InChI is InChI=1S/C15H28NO5P/c1-3-12-16(15(17)4-2)13-10-8-6-5-7-9-11-14-21-22(18,19)20/h3-4H,1-2,5-14H2,(H2,18,19,20). The molecule has 7 heteroatoms. The summed E-state index contributed by atoms with van der Waals surface area (Å²) in [5.41, 5.74) is 0. The van der Waals surface area contributed by atoms with E-state index in [9.17, 15) is 9.36 Å². The number of phosphoric acid groups is 1. The lowest BCUT2D eigenvalue weighted by Gasteiger charge is -2.19. The minimum Gasteiger partial charge on any atom is -0.335 e.